The van der Waals surface area contributed by atoms with Crippen LogP contribution in [0.25, 0.3) is 0 Å². The highest BCUT2D eigenvalue weighted by atomic mass is 35.5. The van der Waals surface area contributed by atoms with E-state index in [1.165, 1.54) is 11.3 Å². The van der Waals surface area contributed by atoms with Crippen LogP contribution in [-0.4, -0.2) is 41.9 Å². The summed E-state index contributed by atoms with van der Waals surface area (Å²) in [7, 11) is -3.36. The molecule has 1 aromatic heterocycles. The van der Waals surface area contributed by atoms with E-state index in [9.17, 15) is 13.2 Å². The summed E-state index contributed by atoms with van der Waals surface area (Å²) in [6.07, 6.45) is 1.30. The van der Waals surface area contributed by atoms with Crippen molar-refractivity contribution in [3.63, 3.8) is 0 Å². The molecule has 3 aromatic rings. The van der Waals surface area contributed by atoms with Crippen LogP contribution in [-0.2, 0) is 15.8 Å². The Morgan fingerprint density at radius 1 is 1.10 bits per heavy atom. The summed E-state index contributed by atoms with van der Waals surface area (Å²) in [5, 5.41) is 12.5. The molecular formula is C21H21ClN4O3S2. The molecule has 0 atom stereocenters. The van der Waals surface area contributed by atoms with Gasteiger partial charge in [-0.05, 0) is 36.6 Å². The maximum atomic E-state index is 12.7. The van der Waals surface area contributed by atoms with Gasteiger partial charge in [0.05, 0.1) is 5.75 Å². The van der Waals surface area contributed by atoms with Gasteiger partial charge in [0.15, 0.2) is 0 Å². The second-order valence-corrected chi connectivity index (χ2v) is 10.7. The Labute approximate surface area is 190 Å². The third-order valence-corrected chi connectivity index (χ3v) is 8.28. The van der Waals surface area contributed by atoms with Crippen molar-refractivity contribution in [2.24, 2.45) is 0 Å². The Morgan fingerprint density at radius 2 is 1.84 bits per heavy atom. The maximum Gasteiger partial charge on any atom is 0.286 e. The van der Waals surface area contributed by atoms with E-state index in [4.69, 9.17) is 11.6 Å². The number of hydrogen-bond donors (Lipinski definition) is 1. The number of amides is 1. The first-order valence-corrected chi connectivity index (χ1v) is 12.6. The van der Waals surface area contributed by atoms with Crippen molar-refractivity contribution in [2.75, 3.05) is 18.4 Å². The van der Waals surface area contributed by atoms with Gasteiger partial charge in [0.25, 0.3) is 5.91 Å². The Balaban J connectivity index is 1.35. The van der Waals surface area contributed by atoms with E-state index in [0.717, 1.165) is 10.6 Å². The van der Waals surface area contributed by atoms with E-state index in [2.05, 4.69) is 15.5 Å². The van der Waals surface area contributed by atoms with Crippen molar-refractivity contribution in [2.45, 2.75) is 24.5 Å². The zero-order valence-corrected chi connectivity index (χ0v) is 19.0. The van der Waals surface area contributed by atoms with E-state index in [0.29, 0.717) is 36.6 Å². The minimum atomic E-state index is -3.36. The van der Waals surface area contributed by atoms with Crippen molar-refractivity contribution < 1.29 is 13.2 Å². The first-order valence-electron chi connectivity index (χ1n) is 9.83. The molecule has 4 rings (SSSR count). The summed E-state index contributed by atoms with van der Waals surface area (Å²) in [4.78, 5) is 12.4. The van der Waals surface area contributed by atoms with Crippen LogP contribution in [0, 0.1) is 0 Å². The van der Waals surface area contributed by atoms with E-state index in [1.807, 2.05) is 30.3 Å². The Kier molecular flexibility index (Phi) is 6.66. The summed E-state index contributed by atoms with van der Waals surface area (Å²) >= 11 is 7.19. The highest BCUT2D eigenvalue weighted by Gasteiger charge is 2.30. The lowest BCUT2D eigenvalue weighted by Gasteiger charge is -2.30. The molecule has 2 aromatic carbocycles. The van der Waals surface area contributed by atoms with Gasteiger partial charge in [-0.2, -0.15) is 0 Å². The van der Waals surface area contributed by atoms with E-state index < -0.39 is 10.0 Å². The lowest BCUT2D eigenvalue weighted by atomic mass is 9.99. The molecule has 0 aliphatic carbocycles. The van der Waals surface area contributed by atoms with Gasteiger partial charge in [0, 0.05) is 29.7 Å². The van der Waals surface area contributed by atoms with Crippen molar-refractivity contribution >= 4 is 44.6 Å². The molecule has 31 heavy (non-hydrogen) atoms. The molecule has 0 radical (unpaired) electrons. The molecule has 0 saturated carbocycles. The number of benzene rings is 2. The third-order valence-electron chi connectivity index (χ3n) is 5.11. The third kappa shape index (κ3) is 5.48. The number of halogens is 1. The lowest BCUT2D eigenvalue weighted by molar-refractivity contribution is 0.102. The van der Waals surface area contributed by atoms with Gasteiger partial charge in [-0.1, -0.05) is 59.3 Å². The second-order valence-electron chi connectivity index (χ2n) is 7.33. The largest absolute Gasteiger partial charge is 0.320 e. The molecule has 1 fully saturated rings. The molecule has 0 bridgehead atoms. The summed E-state index contributed by atoms with van der Waals surface area (Å²) in [6.45, 7) is 0.868. The number of sulfonamides is 1. The minimum Gasteiger partial charge on any atom is -0.320 e. The fourth-order valence-corrected chi connectivity index (χ4v) is 6.16. The minimum absolute atomic E-state index is 0.00510. The topological polar surface area (TPSA) is 92.3 Å². The molecule has 1 amide bonds. The van der Waals surface area contributed by atoms with Crippen LogP contribution < -0.4 is 5.32 Å². The normalized spacial score (nSPS) is 15.6. The smallest absolute Gasteiger partial charge is 0.286 e. The second kappa shape index (κ2) is 9.44. The predicted molar refractivity (Wildman–Crippen MR) is 122 cm³/mol. The van der Waals surface area contributed by atoms with Gasteiger partial charge >= 0.3 is 0 Å². The van der Waals surface area contributed by atoms with Gasteiger partial charge in [-0.15, -0.1) is 10.2 Å². The van der Waals surface area contributed by atoms with Crippen LogP contribution in [0.4, 0.5) is 5.69 Å². The molecule has 1 N–H and O–H groups in total. The summed E-state index contributed by atoms with van der Waals surface area (Å²) in [6, 6.07) is 16.1. The number of hydrogen-bond acceptors (Lipinski definition) is 6. The van der Waals surface area contributed by atoms with Crippen LogP contribution in [0.1, 0.15) is 39.1 Å². The van der Waals surface area contributed by atoms with Crippen LogP contribution in [0.3, 0.4) is 0 Å². The number of carbonyl (C=O) groups excluding carboxylic acids is 1. The number of carbonyl (C=O) groups is 1. The SMILES string of the molecule is O=C(Nc1cccc(Cl)c1)c1nnc(C2CCN(S(=O)(=O)Cc3ccccc3)CC2)s1. The molecular weight excluding hydrogens is 456 g/mol. The van der Waals surface area contributed by atoms with Crippen molar-refractivity contribution in [3.05, 3.63) is 75.2 Å². The van der Waals surface area contributed by atoms with Gasteiger partial charge < -0.3 is 5.32 Å². The predicted octanol–water partition coefficient (Wildman–Crippen LogP) is 4.15. The van der Waals surface area contributed by atoms with Crippen LogP contribution in [0.5, 0.6) is 0 Å². The number of rotatable bonds is 6. The highest BCUT2D eigenvalue weighted by molar-refractivity contribution is 7.88. The molecule has 1 saturated heterocycles. The first-order chi connectivity index (χ1) is 14.9. The Bertz CT molecular complexity index is 1160. The fraction of sp³-hybridized carbons (Fsp3) is 0.286. The molecule has 2 heterocycles. The fourth-order valence-electron chi connectivity index (χ4n) is 3.50. The number of nitrogens with one attached hydrogen (secondary N) is 1. The van der Waals surface area contributed by atoms with Crippen LogP contribution in [0.15, 0.2) is 54.6 Å². The van der Waals surface area contributed by atoms with Crippen LogP contribution in [0.2, 0.25) is 5.02 Å². The summed E-state index contributed by atoms with van der Waals surface area (Å²) in [5.41, 5.74) is 1.37. The zero-order chi connectivity index (χ0) is 21.8. The first kappa shape index (κ1) is 21.9. The lowest BCUT2D eigenvalue weighted by Crippen LogP contribution is -2.38. The van der Waals surface area contributed by atoms with Gasteiger partial charge in [-0.3, -0.25) is 4.79 Å². The maximum absolute atomic E-state index is 12.7. The number of piperidine rings is 1. The van der Waals surface area contributed by atoms with E-state index in [1.54, 1.807) is 28.6 Å². The molecule has 1 aliphatic heterocycles. The number of anilines is 1. The molecule has 7 nitrogen and oxygen atoms in total. The van der Waals surface area contributed by atoms with Gasteiger partial charge in [0.2, 0.25) is 15.0 Å². The standard InChI is InChI=1S/C21H21ClN4O3S2/c22-17-7-4-8-18(13-17)23-19(27)21-25-24-20(30-21)16-9-11-26(12-10-16)31(28,29)14-15-5-2-1-3-6-15/h1-8,13,16H,9-12,14H2,(H,23,27). The number of nitrogens with zero attached hydrogens (tertiary/aromatic N) is 3. The Hall–Kier alpha value is -2.33. The average Bonchev–Trinajstić information content (AvgIpc) is 3.25. The number of aromatic nitrogens is 2. The van der Waals surface area contributed by atoms with E-state index >= 15 is 0 Å². The van der Waals surface area contributed by atoms with Crippen LogP contribution >= 0.6 is 22.9 Å². The Morgan fingerprint density at radius 3 is 2.55 bits per heavy atom. The molecule has 1 aliphatic rings. The van der Waals surface area contributed by atoms with Crippen molar-refractivity contribution in [1.29, 1.82) is 0 Å². The summed E-state index contributed by atoms with van der Waals surface area (Å²) < 4.78 is 27.0. The molecule has 0 spiro atoms. The van der Waals surface area contributed by atoms with E-state index in [-0.39, 0.29) is 22.6 Å². The van der Waals surface area contributed by atoms with Crippen molar-refractivity contribution in [3.8, 4) is 0 Å². The van der Waals surface area contributed by atoms with Gasteiger partial charge in [-0.25, -0.2) is 12.7 Å². The highest BCUT2D eigenvalue weighted by Crippen LogP contribution is 2.32. The zero-order valence-electron chi connectivity index (χ0n) is 16.6. The van der Waals surface area contributed by atoms with Crippen molar-refractivity contribution in [1.82, 2.24) is 14.5 Å². The average molecular weight is 477 g/mol. The monoisotopic (exact) mass is 476 g/mol. The molecule has 0 unspecified atom stereocenters. The van der Waals surface area contributed by atoms with Gasteiger partial charge in [0.1, 0.15) is 5.01 Å². The molecule has 162 valence electrons. The summed E-state index contributed by atoms with van der Waals surface area (Å²) in [5.74, 6) is -0.243. The quantitative estimate of drug-likeness (QED) is 0.576. The molecule has 10 heteroatoms.